The summed E-state index contributed by atoms with van der Waals surface area (Å²) in [6.07, 6.45) is 1.06. The van der Waals surface area contributed by atoms with Crippen LogP contribution in [0.25, 0.3) is 0 Å². The third-order valence-electron chi connectivity index (χ3n) is 8.15. The minimum Gasteiger partial charge on any atom is -0.497 e. The molecule has 1 saturated heterocycles. The second-order valence-electron chi connectivity index (χ2n) is 10.6. The van der Waals surface area contributed by atoms with E-state index in [1.807, 2.05) is 0 Å². The van der Waals surface area contributed by atoms with Crippen LogP contribution >= 0.6 is 11.6 Å². The predicted molar refractivity (Wildman–Crippen MR) is 157 cm³/mol. The first-order valence-corrected chi connectivity index (χ1v) is 15.4. The molecule has 3 aliphatic rings. The number of carbonyl (C=O) groups excluding carboxylic acids is 2. The Hall–Kier alpha value is -4.00. The molecule has 0 saturated carbocycles. The van der Waals surface area contributed by atoms with E-state index in [9.17, 15) is 13.2 Å². The van der Waals surface area contributed by atoms with Crippen LogP contribution in [0.1, 0.15) is 24.0 Å². The first-order chi connectivity index (χ1) is 20.6. The van der Waals surface area contributed by atoms with E-state index in [0.29, 0.717) is 47.8 Å². The van der Waals surface area contributed by atoms with Gasteiger partial charge in [-0.3, -0.25) is 14.5 Å². The fourth-order valence-corrected chi connectivity index (χ4v) is 8.08. The average Bonchev–Trinajstić information content (AvgIpc) is 3.73. The van der Waals surface area contributed by atoms with Crippen molar-refractivity contribution in [3.63, 3.8) is 0 Å². The van der Waals surface area contributed by atoms with E-state index in [2.05, 4.69) is 0 Å². The van der Waals surface area contributed by atoms with E-state index in [1.165, 1.54) is 49.5 Å². The van der Waals surface area contributed by atoms with Crippen LogP contribution in [-0.2, 0) is 25.2 Å². The van der Waals surface area contributed by atoms with Crippen molar-refractivity contribution >= 4 is 39.1 Å². The Morgan fingerprint density at radius 1 is 1.05 bits per heavy atom. The van der Waals surface area contributed by atoms with Gasteiger partial charge in [-0.05, 0) is 49.2 Å². The Bertz CT molecular complexity index is 1750. The monoisotopic (exact) mass is 627 g/mol. The molecule has 0 radical (unpaired) electrons. The van der Waals surface area contributed by atoms with Crippen molar-refractivity contribution in [3.8, 4) is 23.0 Å². The van der Waals surface area contributed by atoms with Crippen LogP contribution in [-0.4, -0.2) is 77.7 Å². The number of carbonyl (C=O) groups is 2. The molecule has 3 aliphatic heterocycles. The van der Waals surface area contributed by atoms with Crippen molar-refractivity contribution < 1.29 is 37.0 Å². The van der Waals surface area contributed by atoms with Crippen molar-refractivity contribution in [3.05, 3.63) is 70.7 Å². The molecular formula is C30H30ClN3O8S. The highest BCUT2D eigenvalue weighted by atomic mass is 35.5. The average molecular weight is 628 g/mol. The van der Waals surface area contributed by atoms with Gasteiger partial charge in [-0.1, -0.05) is 23.7 Å². The Morgan fingerprint density at radius 3 is 2.56 bits per heavy atom. The first-order valence-electron chi connectivity index (χ1n) is 13.6. The van der Waals surface area contributed by atoms with Crippen molar-refractivity contribution in [2.45, 2.75) is 29.3 Å². The molecule has 11 nitrogen and oxygen atoms in total. The van der Waals surface area contributed by atoms with Gasteiger partial charge in [-0.25, -0.2) is 12.7 Å². The number of benzene rings is 3. The zero-order valence-corrected chi connectivity index (χ0v) is 25.6. The van der Waals surface area contributed by atoms with Crippen LogP contribution in [0.15, 0.2) is 59.5 Å². The molecule has 43 heavy (non-hydrogen) atoms. The number of halogens is 1. The number of nitrogens with zero attached hydrogens (tertiary/aromatic N) is 3. The second-order valence-corrected chi connectivity index (χ2v) is 12.8. The summed E-state index contributed by atoms with van der Waals surface area (Å²) in [5, 5.41) is 0.289. The van der Waals surface area contributed by atoms with E-state index >= 15 is 4.79 Å². The number of hydrogen-bond donors (Lipinski definition) is 0. The smallest absolute Gasteiger partial charge is 0.274 e. The van der Waals surface area contributed by atoms with Gasteiger partial charge in [-0.2, -0.15) is 0 Å². The third kappa shape index (κ3) is 4.22. The number of anilines is 1. The number of fused-ring (bicyclic) bond motifs is 2. The Balaban J connectivity index is 1.67. The SMILES string of the molecule is COc1ccc(S(=O)(=O)N2C(=O)C(c3cccc4c3OCO4)(N3CCCC3C(=O)N(C)C)c3cc(Cl)ccc32)c(OC)c1. The van der Waals surface area contributed by atoms with Gasteiger partial charge < -0.3 is 23.8 Å². The van der Waals surface area contributed by atoms with E-state index in [4.69, 9.17) is 30.5 Å². The molecule has 0 N–H and O–H groups in total. The molecule has 3 heterocycles. The lowest BCUT2D eigenvalue weighted by Gasteiger charge is -2.41. The van der Waals surface area contributed by atoms with Crippen molar-refractivity contribution in [1.29, 1.82) is 0 Å². The van der Waals surface area contributed by atoms with E-state index in [0.717, 1.165) is 4.31 Å². The maximum atomic E-state index is 15.2. The molecule has 3 aromatic carbocycles. The molecule has 2 unspecified atom stereocenters. The zero-order valence-electron chi connectivity index (χ0n) is 24.0. The molecular weight excluding hydrogens is 598 g/mol. The van der Waals surface area contributed by atoms with Gasteiger partial charge in [0.1, 0.15) is 16.4 Å². The number of hydrogen-bond acceptors (Lipinski definition) is 9. The van der Waals surface area contributed by atoms with Crippen LogP contribution in [0.2, 0.25) is 5.02 Å². The predicted octanol–water partition coefficient (Wildman–Crippen LogP) is 3.62. The van der Waals surface area contributed by atoms with Gasteiger partial charge in [0.2, 0.25) is 12.7 Å². The summed E-state index contributed by atoms with van der Waals surface area (Å²) in [5.41, 5.74) is -1.04. The van der Waals surface area contributed by atoms with Gasteiger partial charge in [0.15, 0.2) is 17.0 Å². The highest BCUT2D eigenvalue weighted by Gasteiger charge is 2.63. The summed E-state index contributed by atoms with van der Waals surface area (Å²) in [6, 6.07) is 13.3. The topological polar surface area (TPSA) is 115 Å². The molecule has 0 aliphatic carbocycles. The van der Waals surface area contributed by atoms with E-state index in [-0.39, 0.29) is 34.1 Å². The minimum atomic E-state index is -4.59. The lowest BCUT2D eigenvalue weighted by Crippen LogP contribution is -2.59. The Labute approximate surface area is 254 Å². The van der Waals surface area contributed by atoms with Gasteiger partial charge in [0, 0.05) is 42.9 Å². The highest BCUT2D eigenvalue weighted by Crippen LogP contribution is 2.57. The fourth-order valence-electron chi connectivity index (χ4n) is 6.30. The summed E-state index contributed by atoms with van der Waals surface area (Å²) in [5.74, 6) is 0.0664. The highest BCUT2D eigenvalue weighted by molar-refractivity contribution is 7.93. The molecule has 226 valence electrons. The normalized spacial score (nSPS) is 21.2. The molecule has 1 fully saturated rings. The third-order valence-corrected chi connectivity index (χ3v) is 10.1. The molecule has 0 spiro atoms. The van der Waals surface area contributed by atoms with Gasteiger partial charge >= 0.3 is 0 Å². The quantitative estimate of drug-likeness (QED) is 0.387. The maximum absolute atomic E-state index is 15.2. The lowest BCUT2D eigenvalue weighted by atomic mass is 9.80. The summed E-state index contributed by atoms with van der Waals surface area (Å²) >= 11 is 6.56. The van der Waals surface area contributed by atoms with Gasteiger partial charge in [0.05, 0.1) is 25.9 Å². The molecule has 2 amide bonds. The van der Waals surface area contributed by atoms with Crippen LogP contribution < -0.4 is 23.3 Å². The minimum absolute atomic E-state index is 0.000616. The van der Waals surface area contributed by atoms with Crippen LogP contribution in [0, 0.1) is 0 Å². The van der Waals surface area contributed by atoms with E-state index in [1.54, 1.807) is 43.3 Å². The summed E-state index contributed by atoms with van der Waals surface area (Å²) < 4.78 is 52.2. The Kier molecular flexibility index (Phi) is 7.18. The molecule has 2 atom stereocenters. The molecule has 13 heteroatoms. The standard InChI is InChI=1S/C30H30ClN3O8S/c1-32(2)28(35)23-8-6-14-33(23)30(20-7-5-9-24-27(20)42-17-41-24)21-15-18(31)10-12-22(21)34(29(30)36)43(37,38)26-13-11-19(39-3)16-25(26)40-4/h5,7,9-13,15-16,23H,6,8,14,17H2,1-4H3. The number of methoxy groups -OCH3 is 2. The fraction of sp³-hybridized carbons (Fsp3) is 0.333. The summed E-state index contributed by atoms with van der Waals surface area (Å²) in [4.78, 5) is 31.8. The molecule has 6 rings (SSSR count). The number of ether oxygens (including phenoxy) is 4. The first kappa shape index (κ1) is 29.1. The van der Waals surface area contributed by atoms with Gasteiger partial charge in [-0.15, -0.1) is 0 Å². The van der Waals surface area contributed by atoms with E-state index < -0.39 is 27.5 Å². The van der Waals surface area contributed by atoms with Crippen molar-refractivity contribution in [2.24, 2.45) is 0 Å². The summed E-state index contributed by atoms with van der Waals surface area (Å²) in [6.45, 7) is 0.246. The zero-order chi connectivity index (χ0) is 30.7. The van der Waals surface area contributed by atoms with Crippen molar-refractivity contribution in [2.75, 3.05) is 46.0 Å². The number of sulfonamides is 1. The lowest BCUT2D eigenvalue weighted by molar-refractivity contribution is -0.138. The Morgan fingerprint density at radius 2 is 1.84 bits per heavy atom. The number of likely N-dealkylation sites (tertiary alicyclic amines) is 1. The molecule has 3 aromatic rings. The number of rotatable bonds is 7. The second kappa shape index (κ2) is 10.6. The number of amides is 2. The van der Waals surface area contributed by atoms with Crippen LogP contribution in [0.3, 0.4) is 0 Å². The van der Waals surface area contributed by atoms with Crippen LogP contribution in [0.5, 0.6) is 23.0 Å². The van der Waals surface area contributed by atoms with Gasteiger partial charge in [0.25, 0.3) is 15.9 Å². The number of para-hydroxylation sites is 1. The summed E-state index contributed by atoms with van der Waals surface area (Å²) in [7, 11) is 1.49. The molecule has 0 aromatic heterocycles. The largest absolute Gasteiger partial charge is 0.497 e. The van der Waals surface area contributed by atoms with Crippen molar-refractivity contribution in [1.82, 2.24) is 9.80 Å². The molecule has 0 bridgehead atoms. The number of likely N-dealkylation sites (N-methyl/N-ethyl adjacent to an activating group) is 1. The van der Waals surface area contributed by atoms with Crippen LogP contribution in [0.4, 0.5) is 5.69 Å². The maximum Gasteiger partial charge on any atom is 0.274 e.